The molecule has 1 aromatic heterocycles. The van der Waals surface area contributed by atoms with Crippen LogP contribution in [-0.4, -0.2) is 27.3 Å². The number of benzene rings is 2. The molecule has 0 fully saturated rings. The lowest BCUT2D eigenvalue weighted by atomic mass is 10.0. The minimum atomic E-state index is -4.89. The molecule has 1 N–H and O–H groups in total. The van der Waals surface area contributed by atoms with E-state index in [0.717, 1.165) is 6.07 Å². The lowest BCUT2D eigenvalue weighted by Crippen LogP contribution is -2.43. The molecule has 30 heavy (non-hydrogen) atoms. The van der Waals surface area contributed by atoms with E-state index in [1.54, 1.807) is 60.7 Å². The quantitative estimate of drug-likeness (QED) is 0.518. The highest BCUT2D eigenvalue weighted by atomic mass is 19.4. The molecule has 0 bridgehead atoms. The van der Waals surface area contributed by atoms with E-state index in [4.69, 9.17) is 4.74 Å². The normalized spacial score (nSPS) is 13.3. The molecule has 156 valence electrons. The number of carbonyl (C=O) groups is 1. The molecule has 0 aliphatic rings. The molecule has 0 spiro atoms. The fraction of sp³-hybridized carbons (Fsp3) is 0.182. The fourth-order valence-corrected chi connectivity index (χ4v) is 3.11. The van der Waals surface area contributed by atoms with Crippen LogP contribution < -0.4 is 4.74 Å². The van der Waals surface area contributed by atoms with Crippen LogP contribution >= 0.6 is 0 Å². The summed E-state index contributed by atoms with van der Waals surface area (Å²) in [6, 6.07) is 17.0. The minimum Gasteiger partial charge on any atom is -0.465 e. The maximum absolute atomic E-state index is 14.1. The van der Waals surface area contributed by atoms with Crippen molar-refractivity contribution in [2.75, 3.05) is 0 Å². The molecular formula is C22H19F3N2O3. The van der Waals surface area contributed by atoms with Crippen molar-refractivity contribution >= 4 is 6.09 Å². The molecular weight excluding hydrogens is 397 g/mol. The van der Waals surface area contributed by atoms with Gasteiger partial charge in [-0.3, -0.25) is 4.90 Å². The van der Waals surface area contributed by atoms with Crippen LogP contribution in [0.4, 0.5) is 18.0 Å². The van der Waals surface area contributed by atoms with E-state index < -0.39 is 30.0 Å². The van der Waals surface area contributed by atoms with Gasteiger partial charge in [-0.15, -0.1) is 0 Å². The summed E-state index contributed by atoms with van der Waals surface area (Å²) in [4.78, 5) is 16.3. The predicted octanol–water partition coefficient (Wildman–Crippen LogP) is 6.22. The molecule has 8 heteroatoms. The smallest absolute Gasteiger partial charge is 0.414 e. The van der Waals surface area contributed by atoms with Crippen LogP contribution in [0, 0.1) is 0 Å². The highest BCUT2D eigenvalue weighted by Gasteiger charge is 2.49. The number of halogens is 3. The van der Waals surface area contributed by atoms with Gasteiger partial charge in [0.25, 0.3) is 0 Å². The van der Waals surface area contributed by atoms with Gasteiger partial charge >= 0.3 is 12.3 Å². The topological polar surface area (TPSA) is 62.7 Å². The van der Waals surface area contributed by atoms with E-state index in [1.165, 1.54) is 19.1 Å². The Bertz CT molecular complexity index is 982. The van der Waals surface area contributed by atoms with Crippen LogP contribution in [0.25, 0.3) is 0 Å². The molecule has 0 saturated carbocycles. The highest BCUT2D eigenvalue weighted by Crippen LogP contribution is 2.41. The van der Waals surface area contributed by atoms with Gasteiger partial charge < -0.3 is 9.84 Å². The fourth-order valence-electron chi connectivity index (χ4n) is 3.11. The van der Waals surface area contributed by atoms with Gasteiger partial charge in [0, 0.05) is 6.07 Å². The number of nitrogens with zero attached hydrogens (tertiary/aromatic N) is 2. The lowest BCUT2D eigenvalue weighted by molar-refractivity contribution is -0.186. The monoisotopic (exact) mass is 416 g/mol. The Balaban J connectivity index is 2.01. The Morgan fingerprint density at radius 3 is 2.13 bits per heavy atom. The zero-order valence-electron chi connectivity index (χ0n) is 16.0. The van der Waals surface area contributed by atoms with Crippen molar-refractivity contribution in [2.45, 2.75) is 25.2 Å². The van der Waals surface area contributed by atoms with Crippen LogP contribution in [-0.2, 0) is 0 Å². The van der Waals surface area contributed by atoms with Gasteiger partial charge in [-0.05, 0) is 30.7 Å². The molecule has 0 saturated heterocycles. The van der Waals surface area contributed by atoms with Crippen LogP contribution in [0.2, 0.25) is 0 Å². The predicted molar refractivity (Wildman–Crippen MR) is 104 cm³/mol. The number of amides is 1. The van der Waals surface area contributed by atoms with E-state index in [2.05, 4.69) is 4.98 Å². The number of hydrogen-bond donors (Lipinski definition) is 1. The van der Waals surface area contributed by atoms with Gasteiger partial charge in [0.2, 0.25) is 5.88 Å². The average molecular weight is 416 g/mol. The molecule has 2 atom stereocenters. The Morgan fingerprint density at radius 2 is 1.57 bits per heavy atom. The van der Waals surface area contributed by atoms with E-state index >= 15 is 0 Å². The van der Waals surface area contributed by atoms with Gasteiger partial charge in [-0.2, -0.15) is 13.2 Å². The number of hydrogen-bond acceptors (Lipinski definition) is 3. The summed E-state index contributed by atoms with van der Waals surface area (Å²) < 4.78 is 47.7. The zero-order chi connectivity index (χ0) is 21.7. The molecule has 0 aliphatic heterocycles. The summed E-state index contributed by atoms with van der Waals surface area (Å²) in [7, 11) is 0. The maximum Gasteiger partial charge on any atom is 0.414 e. The molecule has 1 heterocycles. The van der Waals surface area contributed by atoms with Gasteiger partial charge in [-0.1, -0.05) is 54.6 Å². The molecule has 3 aromatic rings. The first-order chi connectivity index (χ1) is 14.3. The molecule has 5 nitrogen and oxygen atoms in total. The van der Waals surface area contributed by atoms with Gasteiger partial charge in [0.05, 0.1) is 11.7 Å². The first kappa shape index (κ1) is 21.2. The molecule has 2 aromatic carbocycles. The maximum atomic E-state index is 14.1. The number of ether oxygens (including phenoxy) is 1. The van der Waals surface area contributed by atoms with Crippen LogP contribution in [0.5, 0.6) is 11.6 Å². The van der Waals surface area contributed by atoms with Crippen molar-refractivity contribution in [1.82, 2.24) is 9.88 Å². The third kappa shape index (κ3) is 4.89. The average Bonchev–Trinajstić information content (AvgIpc) is 2.72. The number of aromatic nitrogens is 1. The summed E-state index contributed by atoms with van der Waals surface area (Å²) in [6.45, 7) is 1.41. The van der Waals surface area contributed by atoms with E-state index in [9.17, 15) is 23.1 Å². The summed E-state index contributed by atoms with van der Waals surface area (Å²) >= 11 is 0. The molecule has 3 rings (SSSR count). The number of carboxylic acid groups (broad SMARTS) is 1. The molecule has 2 unspecified atom stereocenters. The van der Waals surface area contributed by atoms with Gasteiger partial charge in [0.15, 0.2) is 6.04 Å². The molecule has 0 aliphatic carbocycles. The van der Waals surface area contributed by atoms with Gasteiger partial charge in [-0.25, -0.2) is 9.78 Å². The van der Waals surface area contributed by atoms with E-state index in [-0.39, 0.29) is 5.88 Å². The molecule has 0 radical (unpaired) electrons. The number of pyridine rings is 1. The third-order valence-corrected chi connectivity index (χ3v) is 4.50. The first-order valence-electron chi connectivity index (χ1n) is 9.10. The summed E-state index contributed by atoms with van der Waals surface area (Å²) in [5.41, 5.74) is -0.0352. The SMILES string of the molecule is CC(c1ccccc1)N(C(=O)O)C(c1cccc(Oc2ccccc2)n1)C(F)(F)F. The van der Waals surface area contributed by atoms with Crippen molar-refractivity contribution in [3.63, 3.8) is 0 Å². The Labute approximate surface area is 171 Å². The lowest BCUT2D eigenvalue weighted by Gasteiger charge is -2.35. The Hall–Kier alpha value is -3.55. The van der Waals surface area contributed by atoms with Crippen LogP contribution in [0.1, 0.15) is 30.3 Å². The number of alkyl halides is 3. The Morgan fingerprint density at radius 1 is 0.967 bits per heavy atom. The second kappa shape index (κ2) is 8.86. The van der Waals surface area contributed by atoms with E-state index in [1.807, 2.05) is 0 Å². The summed E-state index contributed by atoms with van der Waals surface area (Å²) in [6.07, 6.45) is -6.59. The highest BCUT2D eigenvalue weighted by molar-refractivity contribution is 5.66. The minimum absolute atomic E-state index is 0.0642. The van der Waals surface area contributed by atoms with Crippen LogP contribution in [0.3, 0.4) is 0 Å². The van der Waals surface area contributed by atoms with Crippen molar-refractivity contribution in [2.24, 2.45) is 0 Å². The second-order valence-electron chi connectivity index (χ2n) is 6.54. The van der Waals surface area contributed by atoms with Gasteiger partial charge in [0.1, 0.15) is 5.75 Å². The summed E-state index contributed by atoms with van der Waals surface area (Å²) in [5.74, 6) is 0.337. The molecule has 1 amide bonds. The summed E-state index contributed by atoms with van der Waals surface area (Å²) in [5, 5.41) is 9.67. The van der Waals surface area contributed by atoms with Crippen molar-refractivity contribution < 1.29 is 27.8 Å². The van der Waals surface area contributed by atoms with E-state index in [0.29, 0.717) is 16.2 Å². The third-order valence-electron chi connectivity index (χ3n) is 4.50. The Kier molecular flexibility index (Phi) is 6.25. The van der Waals surface area contributed by atoms with Crippen LogP contribution in [0.15, 0.2) is 78.9 Å². The zero-order valence-corrected chi connectivity index (χ0v) is 16.0. The number of rotatable bonds is 6. The van der Waals surface area contributed by atoms with Crippen molar-refractivity contribution in [1.29, 1.82) is 0 Å². The second-order valence-corrected chi connectivity index (χ2v) is 6.54. The first-order valence-corrected chi connectivity index (χ1v) is 9.10. The van der Waals surface area contributed by atoms with Crippen molar-refractivity contribution in [3.05, 3.63) is 90.1 Å². The van der Waals surface area contributed by atoms with Crippen molar-refractivity contribution in [3.8, 4) is 11.6 Å². The number of para-hydroxylation sites is 1. The standard InChI is InChI=1S/C22H19F3N2O3/c1-15(16-9-4-2-5-10-16)27(21(28)29)20(22(23,24)25)18-13-8-14-19(26-18)30-17-11-6-3-7-12-17/h2-15,20H,1H3,(H,28,29). The largest absolute Gasteiger partial charge is 0.465 e.